The topological polar surface area (TPSA) is 200 Å². The predicted octanol–water partition coefficient (Wildman–Crippen LogP) is 17.7. The van der Waals surface area contributed by atoms with E-state index in [-0.39, 0.29) is 35.2 Å². The van der Waals surface area contributed by atoms with Crippen LogP contribution in [0.1, 0.15) is 181 Å². The summed E-state index contributed by atoms with van der Waals surface area (Å²) in [6, 6.07) is 44.3. The maximum atomic E-state index is 13.7. The van der Waals surface area contributed by atoms with Crippen LogP contribution >= 0.6 is 0 Å². The molecule has 0 aliphatic carbocycles. The number of carboxylic acid groups (broad SMARTS) is 1. The molecule has 4 aromatic carbocycles. The van der Waals surface area contributed by atoms with Gasteiger partial charge in [0.1, 0.15) is 6.10 Å². The van der Waals surface area contributed by atoms with Crippen LogP contribution in [-0.2, 0) is 91.4 Å². The molecular formula is C95H117N13O6. The second kappa shape index (κ2) is 35.3. The van der Waals surface area contributed by atoms with E-state index in [1.54, 1.807) is 37.2 Å². The minimum atomic E-state index is -0.886. The SMILES string of the molecule is CN1CCc2c(c3ccccc3n2CC(CC(C)(C)C)c2cccnc2)C1.Cc1ccc2c(c1)c1c(n2C(CC(C)(C)C)C(=O)c2ccncc2)CCN(C)C1.Cc1ccc2c(c1)c1c(n2CC(C)(OC(N)=O)c2ccncc2)CCN(C)C1.Cc1ccc2c(c1)c1c(n2CC(OCCCC(=O)O)c2ccncc2)CCN(C)C1. The zero-order valence-corrected chi connectivity index (χ0v) is 69.5. The number of primary amides is 1. The lowest BCUT2D eigenvalue weighted by atomic mass is 9.81. The number of aryl methyl sites for hydroxylation is 3. The number of para-hydroxylation sites is 1. The minimum Gasteiger partial charge on any atom is -0.481 e. The highest BCUT2D eigenvalue weighted by molar-refractivity contribution is 6.01. The Bertz CT molecular complexity index is 5350. The van der Waals surface area contributed by atoms with Crippen molar-refractivity contribution in [3.63, 3.8) is 0 Å². The van der Waals surface area contributed by atoms with Crippen molar-refractivity contribution in [3.8, 4) is 0 Å². The van der Waals surface area contributed by atoms with Crippen molar-refractivity contribution in [2.45, 2.75) is 190 Å². The molecule has 0 radical (unpaired) electrons. The number of ether oxygens (including phenoxy) is 2. The Kier molecular flexibility index (Phi) is 25.3. The number of rotatable bonds is 20. The van der Waals surface area contributed by atoms with Crippen molar-refractivity contribution in [3.05, 3.63) is 261 Å². The number of hydrogen-bond donors (Lipinski definition) is 2. The first-order valence-corrected chi connectivity index (χ1v) is 40.7. The number of ketones is 1. The summed E-state index contributed by atoms with van der Waals surface area (Å²) < 4.78 is 21.6. The first-order valence-electron chi connectivity index (χ1n) is 40.7. The number of hydrogen-bond acceptors (Lipinski definition) is 13. The molecule has 0 fully saturated rings. The third kappa shape index (κ3) is 19.1. The molecule has 0 saturated heterocycles. The van der Waals surface area contributed by atoms with Crippen molar-refractivity contribution in [2.24, 2.45) is 16.6 Å². The van der Waals surface area contributed by atoms with Gasteiger partial charge in [-0.15, -0.1) is 0 Å². The van der Waals surface area contributed by atoms with Gasteiger partial charge in [-0.2, -0.15) is 0 Å². The Morgan fingerprint density at radius 1 is 0.491 bits per heavy atom. The molecule has 16 rings (SSSR count). The molecule has 12 heterocycles. The molecule has 8 aromatic heterocycles. The fourth-order valence-corrected chi connectivity index (χ4v) is 17.8. The van der Waals surface area contributed by atoms with Crippen molar-refractivity contribution < 1.29 is 29.0 Å². The maximum absolute atomic E-state index is 13.7. The number of aromatic nitrogens is 8. The predicted molar refractivity (Wildman–Crippen MR) is 457 cm³/mol. The number of likely N-dealkylation sites (N-methyl/N-ethyl adjacent to an activating group) is 4. The summed E-state index contributed by atoms with van der Waals surface area (Å²) in [6.07, 6.45) is 20.1. The van der Waals surface area contributed by atoms with Gasteiger partial charge in [-0.3, -0.25) is 29.5 Å². The molecule has 19 nitrogen and oxygen atoms in total. The molecular weight excluding hydrogens is 1420 g/mol. The number of nitrogens with two attached hydrogens (primary N) is 1. The molecule has 19 heteroatoms. The van der Waals surface area contributed by atoms with Gasteiger partial charge in [0.2, 0.25) is 0 Å². The lowest BCUT2D eigenvalue weighted by molar-refractivity contribution is -0.137. The summed E-state index contributed by atoms with van der Waals surface area (Å²) in [4.78, 5) is 62.6. The smallest absolute Gasteiger partial charge is 0.405 e. The van der Waals surface area contributed by atoms with E-state index in [1.807, 2.05) is 49.5 Å². The lowest BCUT2D eigenvalue weighted by Gasteiger charge is -2.32. The summed E-state index contributed by atoms with van der Waals surface area (Å²) in [6.45, 7) is 32.7. The van der Waals surface area contributed by atoms with Crippen LogP contribution in [0.15, 0.2) is 177 Å². The van der Waals surface area contributed by atoms with Gasteiger partial charge in [-0.05, 0) is 204 Å². The summed E-state index contributed by atoms with van der Waals surface area (Å²) in [5.41, 5.74) is 28.9. The first kappa shape index (κ1) is 81.9. The Morgan fingerprint density at radius 2 is 0.956 bits per heavy atom. The number of Topliss-reactive ketones (excluding diaryl/α,β-unsaturated/α-hetero) is 1. The molecule has 12 aromatic rings. The van der Waals surface area contributed by atoms with Crippen LogP contribution < -0.4 is 5.73 Å². The van der Waals surface area contributed by atoms with Crippen LogP contribution in [0, 0.1) is 31.6 Å². The van der Waals surface area contributed by atoms with Gasteiger partial charge in [0, 0.05) is 231 Å². The van der Waals surface area contributed by atoms with Gasteiger partial charge < -0.3 is 58.2 Å². The fourth-order valence-electron chi connectivity index (χ4n) is 17.8. The number of carbonyl (C=O) groups is 3. The van der Waals surface area contributed by atoms with E-state index in [1.165, 1.54) is 111 Å². The van der Waals surface area contributed by atoms with Gasteiger partial charge in [0.15, 0.2) is 11.4 Å². The molecule has 4 unspecified atom stereocenters. The van der Waals surface area contributed by atoms with E-state index in [0.29, 0.717) is 32.0 Å². The molecule has 3 N–H and O–H groups in total. The van der Waals surface area contributed by atoms with Crippen molar-refractivity contribution >= 4 is 61.5 Å². The van der Waals surface area contributed by atoms with E-state index in [2.05, 4.69) is 246 Å². The highest BCUT2D eigenvalue weighted by Crippen LogP contribution is 2.43. The normalized spacial score (nSPS) is 16.1. The zero-order chi connectivity index (χ0) is 80.8. The minimum absolute atomic E-state index is 0.0347. The maximum Gasteiger partial charge on any atom is 0.405 e. The lowest BCUT2D eigenvalue weighted by Crippen LogP contribution is -2.37. The van der Waals surface area contributed by atoms with Crippen LogP contribution in [0.3, 0.4) is 0 Å². The number of nitrogens with zero attached hydrogens (tertiary/aromatic N) is 12. The van der Waals surface area contributed by atoms with E-state index >= 15 is 0 Å². The number of fused-ring (bicyclic) bond motifs is 12. The van der Waals surface area contributed by atoms with E-state index in [0.717, 1.165) is 114 Å². The van der Waals surface area contributed by atoms with Crippen molar-refractivity contribution in [2.75, 3.05) is 61.0 Å². The van der Waals surface area contributed by atoms with Crippen LogP contribution in [0.25, 0.3) is 43.6 Å². The molecule has 4 aliphatic rings. The quantitative estimate of drug-likeness (QED) is 0.0539. The summed E-state index contributed by atoms with van der Waals surface area (Å²) in [7, 11) is 8.73. The summed E-state index contributed by atoms with van der Waals surface area (Å²) in [5, 5.41) is 14.3. The Balaban J connectivity index is 0.000000133. The number of carboxylic acids is 1. The molecule has 1 amide bonds. The Labute approximate surface area is 673 Å². The number of carbonyl (C=O) groups excluding carboxylic acids is 2. The average molecular weight is 1540 g/mol. The highest BCUT2D eigenvalue weighted by Gasteiger charge is 2.37. The third-order valence-electron chi connectivity index (χ3n) is 23.2. The van der Waals surface area contributed by atoms with E-state index < -0.39 is 17.7 Å². The van der Waals surface area contributed by atoms with Gasteiger partial charge in [0.25, 0.3) is 0 Å². The van der Waals surface area contributed by atoms with E-state index in [4.69, 9.17) is 20.3 Å². The molecule has 4 atom stereocenters. The van der Waals surface area contributed by atoms with Gasteiger partial charge in [-0.1, -0.05) is 101 Å². The zero-order valence-electron chi connectivity index (χ0n) is 69.5. The van der Waals surface area contributed by atoms with Gasteiger partial charge in [-0.25, -0.2) is 4.79 Å². The first-order chi connectivity index (χ1) is 54.6. The second-order valence-corrected chi connectivity index (χ2v) is 35.1. The molecule has 4 aliphatic heterocycles. The monoisotopic (exact) mass is 1540 g/mol. The van der Waals surface area contributed by atoms with Crippen molar-refractivity contribution in [1.82, 2.24) is 57.8 Å². The van der Waals surface area contributed by atoms with Gasteiger partial charge in [0.05, 0.1) is 19.1 Å². The fraction of sp³-hybridized carbons (Fsp3) is 0.421. The molecule has 0 saturated carbocycles. The van der Waals surface area contributed by atoms with Crippen LogP contribution in [-0.4, -0.2) is 142 Å². The molecule has 0 spiro atoms. The molecule has 598 valence electrons. The largest absolute Gasteiger partial charge is 0.481 e. The Morgan fingerprint density at radius 3 is 1.48 bits per heavy atom. The van der Waals surface area contributed by atoms with Crippen molar-refractivity contribution in [1.29, 1.82) is 0 Å². The Hall–Kier alpha value is -10.2. The summed E-state index contributed by atoms with van der Waals surface area (Å²) >= 11 is 0. The third-order valence-corrected chi connectivity index (χ3v) is 23.2. The number of pyridine rings is 4. The highest BCUT2D eigenvalue weighted by atomic mass is 16.6. The molecule has 0 bridgehead atoms. The molecule has 114 heavy (non-hydrogen) atoms. The summed E-state index contributed by atoms with van der Waals surface area (Å²) in [5.74, 6) is -0.135. The van der Waals surface area contributed by atoms with Crippen LogP contribution in [0.2, 0.25) is 0 Å². The number of amides is 1. The number of benzene rings is 4. The van der Waals surface area contributed by atoms with Crippen LogP contribution in [0.4, 0.5) is 4.79 Å². The average Bonchev–Trinajstić information content (AvgIpc) is 1.63. The van der Waals surface area contributed by atoms with E-state index in [9.17, 15) is 14.4 Å². The standard InChI is InChI=1S/C25H31N3O.C24H29N3O3.C24H31N3.C22H26N4O2/c1-17-6-7-21-19(14-17)20-16-27(5)13-10-22(20)28(21)23(15-25(2,3)4)24(29)18-8-11-26-12-9-18;1-17-5-6-21-19(14-17)20-15-26(2)12-9-22(20)27(21)16-23(18-7-10-25-11-8-18)30-13-3-4-24(28)29;1-24(2,3)14-19(18-8-7-12-25-15-18)16-27-22-10-6-5-9-20(22)21-17-26(4)13-11-23(21)27;1-15-4-5-19-17(12-15)18-13-25(3)11-8-20(18)26(19)14-22(2,28-21(23)27)16-6-9-24-10-7-16/h6-9,11-12,14,23H,10,13,15-16H2,1-5H3;5-8,10-11,14,23H,3-4,9,12-13,15-16H2,1-2H3,(H,28,29);5-10,12,15,19H,11,13-14,16-17H2,1-4H3;4-7,9-10,12H,8,11,13-14H2,1-3H3,(H2,23,27). The number of aliphatic carboxylic acids is 1. The second-order valence-electron chi connectivity index (χ2n) is 35.1. The van der Waals surface area contributed by atoms with Crippen LogP contribution in [0.5, 0.6) is 0 Å². The van der Waals surface area contributed by atoms with Gasteiger partial charge >= 0.3 is 12.1 Å².